The van der Waals surface area contributed by atoms with Gasteiger partial charge in [0.25, 0.3) is 0 Å². The fourth-order valence-electron chi connectivity index (χ4n) is 2.52. The van der Waals surface area contributed by atoms with Crippen molar-refractivity contribution < 1.29 is 9.18 Å². The second-order valence-electron chi connectivity index (χ2n) is 4.97. The quantitative estimate of drug-likeness (QED) is 0.733. The molecule has 2 unspecified atom stereocenters. The Morgan fingerprint density at radius 3 is 2.82 bits per heavy atom. The Morgan fingerprint density at radius 2 is 2.12 bits per heavy atom. The van der Waals surface area contributed by atoms with Crippen LogP contribution < -0.4 is 4.90 Å². The van der Waals surface area contributed by atoms with Gasteiger partial charge in [-0.15, -0.1) is 0 Å². The largest absolute Gasteiger partial charge is 0.368 e. The number of hydrogen-bond donors (Lipinski definition) is 0. The van der Waals surface area contributed by atoms with Gasteiger partial charge in [0.2, 0.25) is 0 Å². The third-order valence-electron chi connectivity index (χ3n) is 3.57. The molecule has 2 atom stereocenters. The Labute approximate surface area is 101 Å². The monoisotopic (exact) mass is 235 g/mol. The van der Waals surface area contributed by atoms with Gasteiger partial charge in [0.05, 0.1) is 11.3 Å². The van der Waals surface area contributed by atoms with E-state index in [0.29, 0.717) is 18.2 Å². The Balaban J connectivity index is 2.38. The molecule has 0 N–H and O–H groups in total. The molecule has 0 bridgehead atoms. The molecule has 0 aliphatic carbocycles. The minimum atomic E-state index is -0.428. The second-order valence-corrected chi connectivity index (χ2v) is 4.97. The van der Waals surface area contributed by atoms with Gasteiger partial charge in [-0.2, -0.15) is 0 Å². The zero-order valence-corrected chi connectivity index (χ0v) is 10.3. The average Bonchev–Trinajstić information content (AvgIpc) is 2.32. The summed E-state index contributed by atoms with van der Waals surface area (Å²) in [5, 5.41) is 0. The highest BCUT2D eigenvalue weighted by molar-refractivity contribution is 5.85. The number of halogens is 1. The molecule has 1 fully saturated rings. The van der Waals surface area contributed by atoms with Crippen LogP contribution in [0.4, 0.5) is 10.1 Å². The van der Waals surface area contributed by atoms with E-state index in [1.165, 1.54) is 12.5 Å². The lowest BCUT2D eigenvalue weighted by Gasteiger charge is -2.39. The normalized spacial score (nSPS) is 24.8. The van der Waals surface area contributed by atoms with Crippen LogP contribution in [-0.4, -0.2) is 18.9 Å². The summed E-state index contributed by atoms with van der Waals surface area (Å²) < 4.78 is 13.6. The summed E-state index contributed by atoms with van der Waals surface area (Å²) in [5.74, 6) is 0.164. The maximum atomic E-state index is 13.6. The van der Waals surface area contributed by atoms with E-state index in [-0.39, 0.29) is 5.56 Å². The minimum Gasteiger partial charge on any atom is -0.368 e. The van der Waals surface area contributed by atoms with Crippen molar-refractivity contribution in [3.05, 3.63) is 29.6 Å². The van der Waals surface area contributed by atoms with Crippen molar-refractivity contribution in [2.45, 2.75) is 32.7 Å². The van der Waals surface area contributed by atoms with E-state index in [1.54, 1.807) is 6.07 Å². The van der Waals surface area contributed by atoms with E-state index in [1.807, 2.05) is 6.07 Å². The summed E-state index contributed by atoms with van der Waals surface area (Å²) >= 11 is 0. The Kier molecular flexibility index (Phi) is 3.46. The fraction of sp³-hybridized carbons (Fsp3) is 0.500. The van der Waals surface area contributed by atoms with Crippen molar-refractivity contribution in [3.63, 3.8) is 0 Å². The highest BCUT2D eigenvalue weighted by atomic mass is 19.1. The summed E-state index contributed by atoms with van der Waals surface area (Å²) in [6.45, 7) is 5.22. The number of aldehydes is 1. The van der Waals surface area contributed by atoms with Crippen molar-refractivity contribution in [1.29, 1.82) is 0 Å². The van der Waals surface area contributed by atoms with Crippen LogP contribution >= 0.6 is 0 Å². The van der Waals surface area contributed by atoms with Gasteiger partial charge in [-0.25, -0.2) is 4.39 Å². The van der Waals surface area contributed by atoms with Gasteiger partial charge in [-0.1, -0.05) is 13.0 Å². The Morgan fingerprint density at radius 1 is 1.35 bits per heavy atom. The molecular weight excluding hydrogens is 217 g/mol. The van der Waals surface area contributed by atoms with Crippen LogP contribution in [0.15, 0.2) is 18.2 Å². The SMILES string of the molecule is CC1CCC(C)N(c2cccc(F)c2C=O)C1. The molecular formula is C14H18FNO. The summed E-state index contributed by atoms with van der Waals surface area (Å²) in [6.07, 6.45) is 2.91. The molecule has 0 amide bonds. The second kappa shape index (κ2) is 4.86. The van der Waals surface area contributed by atoms with E-state index in [4.69, 9.17) is 0 Å². The summed E-state index contributed by atoms with van der Waals surface area (Å²) in [5.41, 5.74) is 0.924. The summed E-state index contributed by atoms with van der Waals surface area (Å²) in [6, 6.07) is 5.21. The number of piperidine rings is 1. The number of carbonyl (C=O) groups is 1. The number of nitrogens with zero attached hydrogens (tertiary/aromatic N) is 1. The smallest absolute Gasteiger partial charge is 0.155 e. The first-order chi connectivity index (χ1) is 8.13. The van der Waals surface area contributed by atoms with Crippen molar-refractivity contribution in [2.24, 2.45) is 5.92 Å². The lowest BCUT2D eigenvalue weighted by atomic mass is 9.94. The average molecular weight is 235 g/mol. The van der Waals surface area contributed by atoms with Gasteiger partial charge >= 0.3 is 0 Å². The summed E-state index contributed by atoms with van der Waals surface area (Å²) in [7, 11) is 0. The molecule has 3 heteroatoms. The fourth-order valence-corrected chi connectivity index (χ4v) is 2.52. The molecule has 1 heterocycles. The molecule has 1 aromatic rings. The number of hydrogen-bond acceptors (Lipinski definition) is 2. The molecule has 1 aromatic carbocycles. The van der Waals surface area contributed by atoms with Gasteiger partial charge in [0.15, 0.2) is 6.29 Å². The first-order valence-corrected chi connectivity index (χ1v) is 6.13. The molecule has 2 rings (SSSR count). The molecule has 92 valence electrons. The molecule has 1 aliphatic heterocycles. The predicted molar refractivity (Wildman–Crippen MR) is 67.0 cm³/mol. The Bertz CT molecular complexity index is 419. The van der Waals surface area contributed by atoms with E-state index < -0.39 is 5.82 Å². The van der Waals surface area contributed by atoms with Crippen molar-refractivity contribution in [1.82, 2.24) is 0 Å². The van der Waals surface area contributed by atoms with E-state index in [9.17, 15) is 9.18 Å². The maximum absolute atomic E-state index is 13.6. The van der Waals surface area contributed by atoms with Crippen LogP contribution in [0.1, 0.15) is 37.0 Å². The van der Waals surface area contributed by atoms with Crippen LogP contribution in [0.2, 0.25) is 0 Å². The van der Waals surface area contributed by atoms with E-state index in [2.05, 4.69) is 18.7 Å². The van der Waals surface area contributed by atoms with Gasteiger partial charge in [-0.05, 0) is 37.8 Å². The maximum Gasteiger partial charge on any atom is 0.155 e. The molecule has 0 aromatic heterocycles. The number of anilines is 1. The van der Waals surface area contributed by atoms with Crippen LogP contribution in [0.25, 0.3) is 0 Å². The first kappa shape index (κ1) is 12.1. The number of carbonyl (C=O) groups excluding carboxylic acids is 1. The molecule has 1 aliphatic rings. The lowest BCUT2D eigenvalue weighted by molar-refractivity contribution is 0.112. The number of rotatable bonds is 2. The standard InChI is InChI=1S/C14H18FNO/c1-10-6-7-11(2)16(8-10)14-5-3-4-13(15)12(14)9-17/h3-5,9-11H,6-8H2,1-2H3. The number of benzene rings is 1. The highest BCUT2D eigenvalue weighted by Crippen LogP contribution is 2.30. The van der Waals surface area contributed by atoms with Gasteiger partial charge in [0.1, 0.15) is 5.82 Å². The molecule has 2 nitrogen and oxygen atoms in total. The zero-order valence-electron chi connectivity index (χ0n) is 10.3. The molecule has 17 heavy (non-hydrogen) atoms. The zero-order chi connectivity index (χ0) is 12.4. The van der Waals surface area contributed by atoms with Crippen LogP contribution in [0, 0.1) is 11.7 Å². The van der Waals surface area contributed by atoms with Crippen LogP contribution in [-0.2, 0) is 0 Å². The van der Waals surface area contributed by atoms with E-state index in [0.717, 1.165) is 18.7 Å². The lowest BCUT2D eigenvalue weighted by Crippen LogP contribution is -2.41. The molecule has 1 saturated heterocycles. The Hall–Kier alpha value is -1.38. The topological polar surface area (TPSA) is 20.3 Å². The third kappa shape index (κ3) is 2.33. The van der Waals surface area contributed by atoms with Gasteiger partial charge in [0, 0.05) is 12.6 Å². The summed E-state index contributed by atoms with van der Waals surface area (Å²) in [4.78, 5) is 13.2. The third-order valence-corrected chi connectivity index (χ3v) is 3.57. The van der Waals surface area contributed by atoms with Crippen LogP contribution in [0.3, 0.4) is 0 Å². The first-order valence-electron chi connectivity index (χ1n) is 6.13. The molecule has 0 radical (unpaired) electrons. The highest BCUT2D eigenvalue weighted by Gasteiger charge is 2.25. The van der Waals surface area contributed by atoms with Gasteiger partial charge < -0.3 is 4.90 Å². The van der Waals surface area contributed by atoms with Gasteiger partial charge in [-0.3, -0.25) is 4.79 Å². The van der Waals surface area contributed by atoms with Crippen LogP contribution in [0.5, 0.6) is 0 Å². The predicted octanol–water partition coefficient (Wildman–Crippen LogP) is 3.26. The minimum absolute atomic E-state index is 0.188. The molecule has 0 saturated carbocycles. The molecule has 0 spiro atoms. The van der Waals surface area contributed by atoms with E-state index >= 15 is 0 Å². The van der Waals surface area contributed by atoms with Crippen molar-refractivity contribution in [2.75, 3.05) is 11.4 Å². The van der Waals surface area contributed by atoms with Crippen molar-refractivity contribution >= 4 is 12.0 Å². The van der Waals surface area contributed by atoms with Crippen molar-refractivity contribution in [3.8, 4) is 0 Å².